The van der Waals surface area contributed by atoms with Gasteiger partial charge in [0.15, 0.2) is 0 Å². The van der Waals surface area contributed by atoms with Gasteiger partial charge in [-0.1, -0.05) is 39.0 Å². The first-order valence-corrected chi connectivity index (χ1v) is 12.6. The lowest BCUT2D eigenvalue weighted by molar-refractivity contribution is -0.150. The Balaban J connectivity index is 1.47. The highest BCUT2D eigenvalue weighted by Gasteiger charge is 2.54. The second kappa shape index (κ2) is 9.54. The number of benzene rings is 1. The summed E-state index contributed by atoms with van der Waals surface area (Å²) >= 11 is 0. The third-order valence-corrected chi connectivity index (χ3v) is 8.94. The van der Waals surface area contributed by atoms with Crippen LogP contribution in [0.2, 0.25) is 0 Å². The van der Waals surface area contributed by atoms with E-state index >= 15 is 0 Å². The molecule has 4 rings (SSSR count). The van der Waals surface area contributed by atoms with Gasteiger partial charge in [-0.05, 0) is 80.2 Å². The lowest BCUT2D eigenvalue weighted by atomic mass is 9.51. The molecule has 0 spiro atoms. The molecule has 2 N–H and O–H groups in total. The Bertz CT molecular complexity index is 806. The first-order valence-electron chi connectivity index (χ1n) is 12.6. The number of aliphatic hydroxyl groups is 1. The van der Waals surface area contributed by atoms with Crippen molar-refractivity contribution >= 4 is 11.8 Å². The number of hydrogen-bond donors (Lipinski definition) is 2. The lowest BCUT2D eigenvalue weighted by Crippen LogP contribution is -2.58. The minimum absolute atomic E-state index is 0.00599. The SMILES string of the molecule is C[C@H]1[C@@H]2[C@@H](O)[C@H]([C@H](C)C(=O)N3CCCCC3)CC[C@@]2(C)CC[C@@H]1NC(=O)c1ccccc1. The van der Waals surface area contributed by atoms with Crippen LogP contribution >= 0.6 is 0 Å². The number of likely N-dealkylation sites (tertiary alicyclic amines) is 1. The number of piperidine rings is 1. The van der Waals surface area contributed by atoms with E-state index in [-0.39, 0.29) is 46.9 Å². The van der Waals surface area contributed by atoms with Crippen LogP contribution in [0.15, 0.2) is 30.3 Å². The normalized spacial score (nSPS) is 36.1. The molecule has 0 radical (unpaired) electrons. The number of rotatable bonds is 4. The van der Waals surface area contributed by atoms with E-state index in [1.165, 1.54) is 6.42 Å². The summed E-state index contributed by atoms with van der Waals surface area (Å²) in [5, 5.41) is 14.9. The van der Waals surface area contributed by atoms with Gasteiger partial charge in [0.2, 0.25) is 5.91 Å². The molecule has 0 aromatic heterocycles. The predicted molar refractivity (Wildman–Crippen MR) is 126 cm³/mol. The predicted octanol–water partition coefficient (Wildman–Crippen LogP) is 4.26. The van der Waals surface area contributed by atoms with Crippen LogP contribution in [0.1, 0.15) is 76.1 Å². The number of hydrogen-bond acceptors (Lipinski definition) is 3. The van der Waals surface area contributed by atoms with Crippen LogP contribution in [0.5, 0.6) is 0 Å². The monoisotopic (exact) mass is 440 g/mol. The quantitative estimate of drug-likeness (QED) is 0.735. The summed E-state index contributed by atoms with van der Waals surface area (Å²) < 4.78 is 0. The van der Waals surface area contributed by atoms with E-state index < -0.39 is 6.10 Å². The number of carbonyl (C=O) groups excluding carboxylic acids is 2. The van der Waals surface area contributed by atoms with Crippen LogP contribution in [-0.4, -0.2) is 47.1 Å². The molecule has 1 aliphatic heterocycles. The van der Waals surface area contributed by atoms with Crippen LogP contribution < -0.4 is 5.32 Å². The van der Waals surface area contributed by atoms with E-state index in [1.807, 2.05) is 42.2 Å². The van der Waals surface area contributed by atoms with Crippen molar-refractivity contribution in [3.8, 4) is 0 Å². The summed E-state index contributed by atoms with van der Waals surface area (Å²) in [6.45, 7) is 8.23. The van der Waals surface area contributed by atoms with Crippen LogP contribution in [0.3, 0.4) is 0 Å². The van der Waals surface area contributed by atoms with Crippen LogP contribution in [0.4, 0.5) is 0 Å². The third kappa shape index (κ3) is 4.46. The number of carbonyl (C=O) groups is 2. The number of amides is 2. The van der Waals surface area contributed by atoms with Gasteiger partial charge in [0, 0.05) is 30.6 Å². The van der Waals surface area contributed by atoms with Gasteiger partial charge in [-0.25, -0.2) is 0 Å². The Morgan fingerprint density at radius 2 is 1.75 bits per heavy atom. The van der Waals surface area contributed by atoms with Crippen molar-refractivity contribution < 1.29 is 14.7 Å². The fraction of sp³-hybridized carbons (Fsp3) is 0.704. The zero-order chi connectivity index (χ0) is 22.9. The van der Waals surface area contributed by atoms with E-state index in [9.17, 15) is 14.7 Å². The Labute approximate surface area is 193 Å². The maximum atomic E-state index is 13.2. The van der Waals surface area contributed by atoms with Crippen molar-refractivity contribution in [3.63, 3.8) is 0 Å². The maximum Gasteiger partial charge on any atom is 0.251 e. The van der Waals surface area contributed by atoms with Crippen molar-refractivity contribution in [2.45, 2.75) is 77.9 Å². The highest BCUT2D eigenvalue weighted by Crippen LogP contribution is 2.55. The molecule has 1 heterocycles. The fourth-order valence-electron chi connectivity index (χ4n) is 6.92. The van der Waals surface area contributed by atoms with Crippen LogP contribution in [0.25, 0.3) is 0 Å². The molecule has 5 nitrogen and oxygen atoms in total. The van der Waals surface area contributed by atoms with Gasteiger partial charge in [-0.15, -0.1) is 0 Å². The van der Waals surface area contributed by atoms with Gasteiger partial charge < -0.3 is 15.3 Å². The van der Waals surface area contributed by atoms with E-state index in [1.54, 1.807) is 0 Å². The summed E-state index contributed by atoms with van der Waals surface area (Å²) in [6.07, 6.45) is 6.76. The number of nitrogens with zero attached hydrogens (tertiary/aromatic N) is 1. The molecular weight excluding hydrogens is 400 g/mol. The van der Waals surface area contributed by atoms with Crippen LogP contribution in [-0.2, 0) is 4.79 Å². The Kier molecular flexibility index (Phi) is 6.94. The van der Waals surface area contributed by atoms with Gasteiger partial charge in [0.25, 0.3) is 5.91 Å². The number of nitrogens with one attached hydrogen (secondary N) is 1. The summed E-state index contributed by atoms with van der Waals surface area (Å²) in [5.41, 5.74) is 0.743. The molecule has 1 aromatic rings. The summed E-state index contributed by atoms with van der Waals surface area (Å²) in [6, 6.07) is 9.40. The smallest absolute Gasteiger partial charge is 0.251 e. The van der Waals surface area contributed by atoms with Crippen molar-refractivity contribution in [3.05, 3.63) is 35.9 Å². The van der Waals surface area contributed by atoms with E-state index in [0.29, 0.717) is 5.56 Å². The standard InChI is InChI=1S/C27H40N2O3/c1-18(26(32)29-16-8-5-9-17-29)21-12-14-27(3)15-13-22(19(2)23(27)24(21)30)28-25(31)20-10-6-4-7-11-20/h4,6-7,10-11,18-19,21-24,30H,5,8-9,12-17H2,1-3H3,(H,28,31)/t18-,19+,21-,22-,23+,24-,27-/m0/s1. The summed E-state index contributed by atoms with van der Waals surface area (Å²) in [4.78, 5) is 28.0. The molecule has 176 valence electrons. The lowest BCUT2D eigenvalue weighted by Gasteiger charge is -2.56. The Morgan fingerprint density at radius 3 is 2.44 bits per heavy atom. The summed E-state index contributed by atoms with van der Waals surface area (Å²) in [7, 11) is 0. The Morgan fingerprint density at radius 1 is 1.09 bits per heavy atom. The average Bonchev–Trinajstić information content (AvgIpc) is 2.81. The fourth-order valence-corrected chi connectivity index (χ4v) is 6.92. The third-order valence-electron chi connectivity index (χ3n) is 8.94. The number of aliphatic hydroxyl groups excluding tert-OH is 1. The molecule has 3 aliphatic rings. The first-order chi connectivity index (χ1) is 15.3. The molecule has 1 aromatic carbocycles. The second-order valence-electron chi connectivity index (χ2n) is 10.9. The van der Waals surface area contributed by atoms with Gasteiger partial charge in [-0.3, -0.25) is 9.59 Å². The number of fused-ring (bicyclic) bond motifs is 1. The molecule has 0 unspecified atom stereocenters. The summed E-state index contributed by atoms with van der Waals surface area (Å²) in [5.74, 6) is 0.271. The molecule has 2 aliphatic carbocycles. The second-order valence-corrected chi connectivity index (χ2v) is 10.9. The largest absolute Gasteiger partial charge is 0.392 e. The highest BCUT2D eigenvalue weighted by atomic mass is 16.3. The van der Waals surface area contributed by atoms with Gasteiger partial charge >= 0.3 is 0 Å². The maximum absolute atomic E-state index is 13.2. The van der Waals surface area contributed by atoms with Crippen LogP contribution in [0, 0.1) is 29.1 Å². The minimum Gasteiger partial charge on any atom is -0.392 e. The molecule has 2 saturated carbocycles. The molecule has 1 saturated heterocycles. The van der Waals surface area contributed by atoms with Crippen molar-refractivity contribution in [2.75, 3.05) is 13.1 Å². The first kappa shape index (κ1) is 23.3. The van der Waals surface area contributed by atoms with Crippen molar-refractivity contribution in [1.29, 1.82) is 0 Å². The van der Waals surface area contributed by atoms with Gasteiger partial charge in [0.1, 0.15) is 0 Å². The molecule has 32 heavy (non-hydrogen) atoms. The molecule has 2 amide bonds. The van der Waals surface area contributed by atoms with Gasteiger partial charge in [0.05, 0.1) is 6.10 Å². The zero-order valence-electron chi connectivity index (χ0n) is 19.9. The zero-order valence-corrected chi connectivity index (χ0v) is 19.9. The van der Waals surface area contributed by atoms with Crippen molar-refractivity contribution in [2.24, 2.45) is 29.1 Å². The molecule has 3 fully saturated rings. The molecule has 5 heteroatoms. The van der Waals surface area contributed by atoms with Gasteiger partial charge in [-0.2, -0.15) is 0 Å². The molecular formula is C27H40N2O3. The highest BCUT2D eigenvalue weighted by molar-refractivity contribution is 5.94. The van der Waals surface area contributed by atoms with Crippen molar-refractivity contribution in [1.82, 2.24) is 10.2 Å². The minimum atomic E-state index is -0.510. The topological polar surface area (TPSA) is 69.6 Å². The van der Waals surface area contributed by atoms with E-state index in [0.717, 1.165) is 51.6 Å². The average molecular weight is 441 g/mol. The van der Waals surface area contributed by atoms with E-state index in [2.05, 4.69) is 19.2 Å². The molecule has 0 bridgehead atoms. The molecule has 7 atom stereocenters. The Hall–Kier alpha value is -1.88. The van der Waals surface area contributed by atoms with E-state index in [4.69, 9.17) is 0 Å².